The summed E-state index contributed by atoms with van der Waals surface area (Å²) in [5, 5.41) is 0. The van der Waals surface area contributed by atoms with Crippen molar-refractivity contribution in [2.24, 2.45) is 0 Å². The molecule has 0 aliphatic heterocycles. The first-order valence-electron chi connectivity index (χ1n) is 6.35. The van der Waals surface area contributed by atoms with Gasteiger partial charge in [-0.1, -0.05) is 19.1 Å². The summed E-state index contributed by atoms with van der Waals surface area (Å²) in [6, 6.07) is 12.1. The smallest absolute Gasteiger partial charge is 0.0544 e. The fourth-order valence-corrected chi connectivity index (χ4v) is 2.20. The van der Waals surface area contributed by atoms with Gasteiger partial charge in [0.05, 0.1) is 5.69 Å². The number of hydrogen-bond acceptors (Lipinski definition) is 3. The highest BCUT2D eigenvalue weighted by Crippen LogP contribution is 2.21. The first-order valence-corrected chi connectivity index (χ1v) is 7.14. The van der Waals surface area contributed by atoms with E-state index < -0.39 is 0 Å². The van der Waals surface area contributed by atoms with Crippen molar-refractivity contribution in [3.8, 4) is 0 Å². The maximum absolute atomic E-state index is 5.91. The highest BCUT2D eigenvalue weighted by molar-refractivity contribution is 9.10. The summed E-state index contributed by atoms with van der Waals surface area (Å²) in [7, 11) is 0. The van der Waals surface area contributed by atoms with E-state index in [-0.39, 0.29) is 0 Å². The average Bonchev–Trinajstić information content (AvgIpc) is 2.43. The highest BCUT2D eigenvalue weighted by atomic mass is 79.9. The van der Waals surface area contributed by atoms with Gasteiger partial charge in [-0.05, 0) is 52.3 Å². The summed E-state index contributed by atoms with van der Waals surface area (Å²) in [5.74, 6) is 0. The third-order valence-electron chi connectivity index (χ3n) is 3.03. The molecule has 1 aromatic heterocycles. The van der Waals surface area contributed by atoms with E-state index in [0.717, 1.165) is 35.5 Å². The molecule has 0 saturated carbocycles. The molecule has 0 radical (unpaired) electrons. The third kappa shape index (κ3) is 4.04. The molecule has 0 unspecified atom stereocenters. The van der Waals surface area contributed by atoms with E-state index in [1.807, 2.05) is 30.5 Å². The molecule has 0 fully saturated rings. The lowest BCUT2D eigenvalue weighted by molar-refractivity contribution is 0.268. The Morgan fingerprint density at radius 2 is 2.05 bits per heavy atom. The summed E-state index contributed by atoms with van der Waals surface area (Å²) >= 11 is 3.42. The molecule has 2 rings (SSSR count). The van der Waals surface area contributed by atoms with Gasteiger partial charge in [0.1, 0.15) is 0 Å². The largest absolute Gasteiger partial charge is 0.398 e. The maximum Gasteiger partial charge on any atom is 0.0544 e. The van der Waals surface area contributed by atoms with Gasteiger partial charge in [-0.15, -0.1) is 0 Å². The van der Waals surface area contributed by atoms with Crippen molar-refractivity contribution in [1.82, 2.24) is 9.88 Å². The topological polar surface area (TPSA) is 42.1 Å². The second kappa shape index (κ2) is 6.68. The minimum Gasteiger partial charge on any atom is -0.398 e. The SMILES string of the molecule is CCN(Cc1ccc(Br)c(N)c1)Cc1ccccn1. The Kier molecular flexibility index (Phi) is 4.93. The number of hydrogen-bond donors (Lipinski definition) is 1. The summed E-state index contributed by atoms with van der Waals surface area (Å²) in [5.41, 5.74) is 9.01. The van der Waals surface area contributed by atoms with Crippen LogP contribution in [-0.2, 0) is 13.1 Å². The van der Waals surface area contributed by atoms with Crippen LogP contribution in [0.25, 0.3) is 0 Å². The van der Waals surface area contributed by atoms with Crippen LogP contribution < -0.4 is 5.73 Å². The molecule has 0 bridgehead atoms. The van der Waals surface area contributed by atoms with Crippen LogP contribution in [0.3, 0.4) is 0 Å². The monoisotopic (exact) mass is 319 g/mol. The molecule has 1 aromatic carbocycles. The lowest BCUT2D eigenvalue weighted by atomic mass is 10.2. The van der Waals surface area contributed by atoms with E-state index in [4.69, 9.17) is 5.73 Å². The predicted molar refractivity (Wildman–Crippen MR) is 82.6 cm³/mol. The maximum atomic E-state index is 5.91. The summed E-state index contributed by atoms with van der Waals surface area (Å²) in [6.45, 7) is 4.87. The number of nitrogen functional groups attached to an aromatic ring is 1. The molecular weight excluding hydrogens is 302 g/mol. The Balaban J connectivity index is 2.04. The van der Waals surface area contributed by atoms with E-state index in [2.05, 4.69) is 44.9 Å². The van der Waals surface area contributed by atoms with E-state index >= 15 is 0 Å². The minimum atomic E-state index is 0.784. The van der Waals surface area contributed by atoms with Gasteiger partial charge in [0, 0.05) is 29.4 Å². The lowest BCUT2D eigenvalue weighted by Gasteiger charge is -2.20. The number of nitrogens with zero attached hydrogens (tertiary/aromatic N) is 2. The van der Waals surface area contributed by atoms with Gasteiger partial charge in [-0.3, -0.25) is 9.88 Å². The Morgan fingerprint density at radius 1 is 1.21 bits per heavy atom. The molecule has 0 aliphatic carbocycles. The summed E-state index contributed by atoms with van der Waals surface area (Å²) in [6.07, 6.45) is 1.83. The molecule has 0 aliphatic rings. The fraction of sp³-hybridized carbons (Fsp3) is 0.267. The number of aromatic nitrogens is 1. The highest BCUT2D eigenvalue weighted by Gasteiger charge is 2.06. The van der Waals surface area contributed by atoms with Gasteiger partial charge < -0.3 is 5.73 Å². The van der Waals surface area contributed by atoms with Crippen molar-refractivity contribution < 1.29 is 0 Å². The van der Waals surface area contributed by atoms with Gasteiger partial charge in [0.15, 0.2) is 0 Å². The zero-order valence-electron chi connectivity index (χ0n) is 11.0. The zero-order chi connectivity index (χ0) is 13.7. The Hall–Kier alpha value is -1.39. The first kappa shape index (κ1) is 14.0. The quantitative estimate of drug-likeness (QED) is 0.858. The van der Waals surface area contributed by atoms with E-state index in [1.165, 1.54) is 5.56 Å². The fourth-order valence-electron chi connectivity index (χ4n) is 1.95. The second-order valence-corrected chi connectivity index (χ2v) is 5.33. The van der Waals surface area contributed by atoms with Crippen LogP contribution >= 0.6 is 15.9 Å². The molecular formula is C15H18BrN3. The van der Waals surface area contributed by atoms with Crippen molar-refractivity contribution in [1.29, 1.82) is 0 Å². The number of rotatable bonds is 5. The van der Waals surface area contributed by atoms with Crippen LogP contribution in [0.5, 0.6) is 0 Å². The molecule has 2 aromatic rings. The number of benzene rings is 1. The molecule has 0 saturated heterocycles. The molecule has 4 heteroatoms. The van der Waals surface area contributed by atoms with Gasteiger partial charge in [0.25, 0.3) is 0 Å². The normalized spacial score (nSPS) is 10.9. The van der Waals surface area contributed by atoms with Crippen LogP contribution in [0, 0.1) is 0 Å². The summed E-state index contributed by atoms with van der Waals surface area (Å²) < 4.78 is 0.948. The molecule has 1 heterocycles. The van der Waals surface area contributed by atoms with Gasteiger partial charge in [-0.2, -0.15) is 0 Å². The Morgan fingerprint density at radius 3 is 2.68 bits per heavy atom. The molecule has 0 atom stereocenters. The standard InChI is InChI=1S/C15H18BrN3/c1-2-19(11-13-5-3-4-8-18-13)10-12-6-7-14(16)15(17)9-12/h3-9H,2,10-11,17H2,1H3. The van der Waals surface area contributed by atoms with Crippen molar-refractivity contribution >= 4 is 21.6 Å². The molecule has 100 valence electrons. The molecule has 0 spiro atoms. The van der Waals surface area contributed by atoms with Crippen LogP contribution in [0.4, 0.5) is 5.69 Å². The molecule has 0 amide bonds. The van der Waals surface area contributed by atoms with E-state index in [9.17, 15) is 0 Å². The average molecular weight is 320 g/mol. The zero-order valence-corrected chi connectivity index (χ0v) is 12.6. The molecule has 19 heavy (non-hydrogen) atoms. The van der Waals surface area contributed by atoms with Gasteiger partial charge in [0.2, 0.25) is 0 Å². The van der Waals surface area contributed by atoms with Crippen LogP contribution in [-0.4, -0.2) is 16.4 Å². The lowest BCUT2D eigenvalue weighted by Crippen LogP contribution is -2.22. The summed E-state index contributed by atoms with van der Waals surface area (Å²) in [4.78, 5) is 6.70. The predicted octanol–water partition coefficient (Wildman–Crippen LogP) is 3.45. The van der Waals surface area contributed by atoms with E-state index in [1.54, 1.807) is 0 Å². The number of pyridine rings is 1. The number of anilines is 1. The minimum absolute atomic E-state index is 0.784. The number of nitrogens with two attached hydrogens (primary N) is 1. The Bertz CT molecular complexity index is 528. The first-order chi connectivity index (χ1) is 9.19. The van der Waals surface area contributed by atoms with Crippen molar-refractivity contribution in [2.75, 3.05) is 12.3 Å². The van der Waals surface area contributed by atoms with Gasteiger partial charge in [-0.25, -0.2) is 0 Å². The molecule has 2 N–H and O–H groups in total. The van der Waals surface area contributed by atoms with Crippen molar-refractivity contribution in [3.05, 3.63) is 58.3 Å². The number of halogens is 1. The van der Waals surface area contributed by atoms with Crippen LogP contribution in [0.2, 0.25) is 0 Å². The van der Waals surface area contributed by atoms with Crippen LogP contribution in [0.15, 0.2) is 47.1 Å². The van der Waals surface area contributed by atoms with Gasteiger partial charge >= 0.3 is 0 Å². The third-order valence-corrected chi connectivity index (χ3v) is 3.75. The van der Waals surface area contributed by atoms with E-state index in [0.29, 0.717) is 0 Å². The Labute approximate surface area is 122 Å². The van der Waals surface area contributed by atoms with Crippen LogP contribution in [0.1, 0.15) is 18.2 Å². The van der Waals surface area contributed by atoms with Crippen molar-refractivity contribution in [3.63, 3.8) is 0 Å². The van der Waals surface area contributed by atoms with Crippen molar-refractivity contribution in [2.45, 2.75) is 20.0 Å². The second-order valence-electron chi connectivity index (χ2n) is 4.48. The molecule has 3 nitrogen and oxygen atoms in total.